The molecule has 0 spiro atoms. The fourth-order valence-electron chi connectivity index (χ4n) is 2.29. The van der Waals surface area contributed by atoms with Crippen LogP contribution in [0.15, 0.2) is 53.9 Å². The molecule has 3 rings (SSSR count). The van der Waals surface area contributed by atoms with Gasteiger partial charge in [0, 0.05) is 16.0 Å². The molecule has 0 fully saturated rings. The number of halogens is 2. The van der Waals surface area contributed by atoms with Gasteiger partial charge in [-0.25, -0.2) is 13.4 Å². The van der Waals surface area contributed by atoms with E-state index in [9.17, 15) is 8.42 Å². The van der Waals surface area contributed by atoms with Crippen LogP contribution in [0, 0.1) is 0 Å². The standard InChI is InChI=1S/C17H13Cl2NO2S2/c18-13-5-3-4-12(8-13)10-24(21,22)11-14-9-23-17(20-14)15-6-1-2-7-16(15)19/h1-9H,10-11H2. The van der Waals surface area contributed by atoms with Crippen molar-refractivity contribution in [3.63, 3.8) is 0 Å². The van der Waals surface area contributed by atoms with Gasteiger partial charge >= 0.3 is 0 Å². The summed E-state index contributed by atoms with van der Waals surface area (Å²) in [5.74, 6) is -0.174. The minimum atomic E-state index is -3.33. The number of aromatic nitrogens is 1. The fourth-order valence-corrected chi connectivity index (χ4v) is 5.13. The quantitative estimate of drug-likeness (QED) is 0.591. The van der Waals surface area contributed by atoms with Crippen LogP contribution in [0.1, 0.15) is 11.3 Å². The molecule has 0 bridgehead atoms. The molecule has 2 aromatic carbocycles. The van der Waals surface area contributed by atoms with E-state index in [1.54, 1.807) is 35.7 Å². The predicted octanol–water partition coefficient (Wildman–Crippen LogP) is 5.23. The third-order valence-corrected chi connectivity index (χ3v) is 6.30. The van der Waals surface area contributed by atoms with Gasteiger partial charge < -0.3 is 0 Å². The van der Waals surface area contributed by atoms with E-state index in [0.717, 1.165) is 5.56 Å². The Kier molecular flexibility index (Phi) is 5.25. The van der Waals surface area contributed by atoms with Crippen molar-refractivity contribution in [3.8, 4) is 10.6 Å². The maximum Gasteiger partial charge on any atom is 0.160 e. The molecule has 1 aromatic heterocycles. The van der Waals surface area contributed by atoms with Crippen LogP contribution in [-0.4, -0.2) is 13.4 Å². The third-order valence-electron chi connectivity index (χ3n) is 3.30. The van der Waals surface area contributed by atoms with E-state index in [-0.39, 0.29) is 11.5 Å². The number of sulfone groups is 1. The Bertz CT molecular complexity index is 968. The van der Waals surface area contributed by atoms with Crippen LogP contribution in [0.5, 0.6) is 0 Å². The topological polar surface area (TPSA) is 47.0 Å². The number of hydrogen-bond donors (Lipinski definition) is 0. The lowest BCUT2D eigenvalue weighted by Gasteiger charge is -2.03. The monoisotopic (exact) mass is 397 g/mol. The van der Waals surface area contributed by atoms with E-state index in [0.29, 0.717) is 26.3 Å². The van der Waals surface area contributed by atoms with E-state index < -0.39 is 9.84 Å². The lowest BCUT2D eigenvalue weighted by Crippen LogP contribution is -2.08. The summed E-state index contributed by atoms with van der Waals surface area (Å²) in [7, 11) is -3.33. The first kappa shape index (κ1) is 17.4. The van der Waals surface area contributed by atoms with Gasteiger partial charge in [-0.1, -0.05) is 53.5 Å². The zero-order valence-corrected chi connectivity index (χ0v) is 15.6. The summed E-state index contributed by atoms with van der Waals surface area (Å²) in [5.41, 5.74) is 2.00. The van der Waals surface area contributed by atoms with Crippen molar-refractivity contribution in [2.45, 2.75) is 11.5 Å². The second kappa shape index (κ2) is 7.23. The van der Waals surface area contributed by atoms with Crippen molar-refractivity contribution in [2.75, 3.05) is 0 Å². The third kappa shape index (κ3) is 4.36. The first-order chi connectivity index (χ1) is 11.4. The first-order valence-electron chi connectivity index (χ1n) is 7.07. The van der Waals surface area contributed by atoms with E-state index in [1.165, 1.54) is 11.3 Å². The van der Waals surface area contributed by atoms with Gasteiger partial charge in [0.05, 0.1) is 22.2 Å². The molecule has 24 heavy (non-hydrogen) atoms. The predicted molar refractivity (Wildman–Crippen MR) is 100 cm³/mol. The largest absolute Gasteiger partial charge is 0.240 e. The average Bonchev–Trinajstić information content (AvgIpc) is 2.94. The van der Waals surface area contributed by atoms with Gasteiger partial charge in [0.25, 0.3) is 0 Å². The van der Waals surface area contributed by atoms with Gasteiger partial charge in [-0.05, 0) is 23.8 Å². The summed E-state index contributed by atoms with van der Waals surface area (Å²) in [6.45, 7) is 0. The van der Waals surface area contributed by atoms with Gasteiger partial charge in [0.15, 0.2) is 9.84 Å². The van der Waals surface area contributed by atoms with Crippen LogP contribution in [-0.2, 0) is 21.3 Å². The van der Waals surface area contributed by atoms with Crippen LogP contribution in [0.25, 0.3) is 10.6 Å². The van der Waals surface area contributed by atoms with Crippen molar-refractivity contribution < 1.29 is 8.42 Å². The molecular formula is C17H13Cl2NO2S2. The van der Waals surface area contributed by atoms with Crippen molar-refractivity contribution in [1.82, 2.24) is 4.98 Å². The summed E-state index contributed by atoms with van der Waals surface area (Å²) in [6, 6.07) is 14.2. The van der Waals surface area contributed by atoms with Crippen LogP contribution in [0.3, 0.4) is 0 Å². The molecule has 0 aliphatic carbocycles. The zero-order valence-electron chi connectivity index (χ0n) is 12.4. The Morgan fingerprint density at radius 3 is 2.54 bits per heavy atom. The van der Waals surface area contributed by atoms with E-state index in [2.05, 4.69) is 4.98 Å². The maximum absolute atomic E-state index is 12.4. The summed E-state index contributed by atoms with van der Waals surface area (Å²) in [4.78, 5) is 4.41. The Morgan fingerprint density at radius 1 is 1.00 bits per heavy atom. The number of nitrogens with zero attached hydrogens (tertiary/aromatic N) is 1. The van der Waals surface area contributed by atoms with Gasteiger partial charge in [-0.15, -0.1) is 11.3 Å². The van der Waals surface area contributed by atoms with E-state index in [1.807, 2.05) is 18.2 Å². The number of hydrogen-bond acceptors (Lipinski definition) is 4. The Morgan fingerprint density at radius 2 is 1.79 bits per heavy atom. The van der Waals surface area contributed by atoms with E-state index >= 15 is 0 Å². The summed E-state index contributed by atoms with van der Waals surface area (Å²) in [5, 5.41) is 3.60. The number of thiazole rings is 1. The van der Waals surface area contributed by atoms with Gasteiger partial charge in [-0.2, -0.15) is 0 Å². The highest BCUT2D eigenvalue weighted by Crippen LogP contribution is 2.30. The van der Waals surface area contributed by atoms with Gasteiger partial charge in [-0.3, -0.25) is 0 Å². The molecule has 0 aliphatic heterocycles. The minimum absolute atomic E-state index is 0.0630. The van der Waals surface area contributed by atoms with Gasteiger partial charge in [0.1, 0.15) is 5.01 Å². The molecule has 0 aliphatic rings. The van der Waals surface area contributed by atoms with Crippen LogP contribution < -0.4 is 0 Å². The van der Waals surface area contributed by atoms with Gasteiger partial charge in [0.2, 0.25) is 0 Å². The molecule has 0 N–H and O–H groups in total. The fraction of sp³-hybridized carbons (Fsp3) is 0.118. The Hall–Kier alpha value is -1.40. The number of benzene rings is 2. The normalized spacial score (nSPS) is 11.6. The molecule has 3 nitrogen and oxygen atoms in total. The Labute approximate surface area is 154 Å². The molecule has 0 saturated carbocycles. The Balaban J connectivity index is 1.78. The van der Waals surface area contributed by atoms with Crippen LogP contribution >= 0.6 is 34.5 Å². The van der Waals surface area contributed by atoms with Crippen molar-refractivity contribution >= 4 is 44.4 Å². The second-order valence-corrected chi connectivity index (χ2v) is 9.05. The van der Waals surface area contributed by atoms with Crippen LogP contribution in [0.4, 0.5) is 0 Å². The van der Waals surface area contributed by atoms with Crippen molar-refractivity contribution in [3.05, 3.63) is 75.2 Å². The van der Waals surface area contributed by atoms with E-state index in [4.69, 9.17) is 23.2 Å². The molecule has 0 amide bonds. The lowest BCUT2D eigenvalue weighted by molar-refractivity contribution is 0.594. The smallest absolute Gasteiger partial charge is 0.160 e. The highest BCUT2D eigenvalue weighted by atomic mass is 35.5. The lowest BCUT2D eigenvalue weighted by atomic mass is 10.2. The first-order valence-corrected chi connectivity index (χ1v) is 10.5. The zero-order chi connectivity index (χ0) is 17.2. The summed E-state index contributed by atoms with van der Waals surface area (Å²) in [6.07, 6.45) is 0. The average molecular weight is 398 g/mol. The summed E-state index contributed by atoms with van der Waals surface area (Å²) >= 11 is 13.4. The molecule has 0 atom stereocenters. The van der Waals surface area contributed by atoms with Crippen molar-refractivity contribution in [2.24, 2.45) is 0 Å². The highest BCUT2D eigenvalue weighted by molar-refractivity contribution is 7.89. The molecular weight excluding hydrogens is 385 g/mol. The maximum atomic E-state index is 12.4. The number of rotatable bonds is 5. The summed E-state index contributed by atoms with van der Waals surface area (Å²) < 4.78 is 24.8. The molecule has 0 saturated heterocycles. The van der Waals surface area contributed by atoms with Crippen LogP contribution in [0.2, 0.25) is 10.0 Å². The molecule has 3 aromatic rings. The molecule has 0 unspecified atom stereocenters. The molecule has 124 valence electrons. The molecule has 7 heteroatoms. The highest BCUT2D eigenvalue weighted by Gasteiger charge is 2.17. The SMILES string of the molecule is O=S(=O)(Cc1cccc(Cl)c1)Cc1csc(-c2ccccc2Cl)n1. The second-order valence-electron chi connectivity index (χ2n) is 5.29. The molecule has 0 radical (unpaired) electrons. The molecule has 1 heterocycles. The minimum Gasteiger partial charge on any atom is -0.240 e. The van der Waals surface area contributed by atoms with Crippen molar-refractivity contribution in [1.29, 1.82) is 0 Å².